The van der Waals surface area contributed by atoms with Crippen molar-refractivity contribution in [3.05, 3.63) is 58.7 Å². The zero-order chi connectivity index (χ0) is 24.4. The monoisotopic (exact) mass is 450 g/mol. The lowest BCUT2D eigenvalue weighted by atomic mass is 9.84. The largest absolute Gasteiger partial charge is 0.289 e. The van der Waals surface area contributed by atoms with Crippen molar-refractivity contribution in [2.45, 2.75) is 99.3 Å². The van der Waals surface area contributed by atoms with Gasteiger partial charge >= 0.3 is 0 Å². The van der Waals surface area contributed by atoms with Gasteiger partial charge in [0.15, 0.2) is 11.6 Å². The lowest BCUT2D eigenvalue weighted by Gasteiger charge is -2.17. The third kappa shape index (κ3) is 8.72. The van der Waals surface area contributed by atoms with Crippen LogP contribution in [0.1, 0.15) is 120 Å². The van der Waals surface area contributed by atoms with Crippen LogP contribution in [0.3, 0.4) is 0 Å². The Kier molecular flexibility index (Phi) is 11.3. The molecule has 0 aliphatic heterocycles. The van der Waals surface area contributed by atoms with Crippen LogP contribution in [0.25, 0.3) is 0 Å². The predicted molar refractivity (Wildman–Crippen MR) is 141 cm³/mol. The minimum absolute atomic E-state index is 0.0273. The Hall–Kier alpha value is -1.96. The van der Waals surface area contributed by atoms with Crippen LogP contribution < -0.4 is 0 Å². The van der Waals surface area contributed by atoms with E-state index in [0.717, 1.165) is 24.2 Å². The molecule has 0 N–H and O–H groups in total. The number of carbonyl (C=O) groups excluding carboxylic acids is 2. The van der Waals surface area contributed by atoms with Gasteiger partial charge in [-0.2, -0.15) is 0 Å². The van der Waals surface area contributed by atoms with Gasteiger partial charge in [-0.1, -0.05) is 122 Å². The quantitative estimate of drug-likeness (QED) is 0.283. The fourth-order valence-corrected chi connectivity index (χ4v) is 4.84. The van der Waals surface area contributed by atoms with Crippen LogP contribution >= 0.6 is 0 Å². The second-order valence-electron chi connectivity index (χ2n) is 11.0. The summed E-state index contributed by atoms with van der Waals surface area (Å²) in [5, 5.41) is 0. The van der Waals surface area contributed by atoms with Crippen molar-refractivity contribution in [3.63, 3.8) is 0 Å². The summed E-state index contributed by atoms with van der Waals surface area (Å²) in [6, 6.07) is 7.14. The summed E-state index contributed by atoms with van der Waals surface area (Å²) in [5.74, 6) is 2.82. The van der Waals surface area contributed by atoms with E-state index >= 15 is 0 Å². The Labute approximate surface area is 202 Å². The van der Waals surface area contributed by atoms with Gasteiger partial charge in [-0.15, -0.1) is 0 Å². The standard InChI is InChI=1S/C31H46O2/c1-22(2)12-9-13-23(3)14-10-15-24(4)16-11-17-25(5)20-21-27-26(6)30(32)28-18-7-8-19-29(28)31(27)33/h7-8,18-25H,9-17H2,1-6H3/b21-20+. The molecule has 1 aliphatic rings. The third-order valence-electron chi connectivity index (χ3n) is 7.23. The first-order chi connectivity index (χ1) is 15.7. The van der Waals surface area contributed by atoms with Crippen LogP contribution in [0.15, 0.2) is 47.6 Å². The zero-order valence-corrected chi connectivity index (χ0v) is 22.0. The lowest BCUT2D eigenvalue weighted by Crippen LogP contribution is -2.19. The van der Waals surface area contributed by atoms with Crippen LogP contribution in [0.5, 0.6) is 0 Å². The number of carbonyl (C=O) groups is 2. The Morgan fingerprint density at radius 3 is 1.73 bits per heavy atom. The summed E-state index contributed by atoms with van der Waals surface area (Å²) < 4.78 is 0. The minimum Gasteiger partial charge on any atom is -0.289 e. The summed E-state index contributed by atoms with van der Waals surface area (Å²) in [6.07, 6.45) is 15.8. The maximum atomic E-state index is 12.9. The number of allylic oxidation sites excluding steroid dienone is 4. The highest BCUT2D eigenvalue weighted by molar-refractivity contribution is 6.27. The van der Waals surface area contributed by atoms with Crippen LogP contribution in [-0.2, 0) is 0 Å². The number of rotatable bonds is 14. The molecule has 1 aromatic rings. The molecule has 0 bridgehead atoms. The number of hydrogen-bond acceptors (Lipinski definition) is 2. The first-order valence-electron chi connectivity index (χ1n) is 13.3. The first kappa shape index (κ1) is 27.3. The maximum Gasteiger partial charge on any atom is 0.194 e. The van der Waals surface area contributed by atoms with Gasteiger partial charge in [0, 0.05) is 22.3 Å². The number of Topliss-reactive ketones (excluding diaryl/α,β-unsaturated/α-hetero) is 2. The van der Waals surface area contributed by atoms with E-state index in [1.165, 1.54) is 51.4 Å². The van der Waals surface area contributed by atoms with E-state index in [2.05, 4.69) is 40.7 Å². The molecule has 0 saturated carbocycles. The number of hydrogen-bond donors (Lipinski definition) is 0. The molecule has 0 heterocycles. The second kappa shape index (κ2) is 13.7. The summed E-state index contributed by atoms with van der Waals surface area (Å²) in [6.45, 7) is 13.4. The van der Waals surface area contributed by atoms with E-state index in [9.17, 15) is 9.59 Å². The van der Waals surface area contributed by atoms with Crippen LogP contribution in [0.2, 0.25) is 0 Å². The average molecular weight is 451 g/mol. The smallest absolute Gasteiger partial charge is 0.194 e. The van der Waals surface area contributed by atoms with Crippen LogP contribution in [-0.4, -0.2) is 11.6 Å². The summed E-state index contributed by atoms with van der Waals surface area (Å²) in [4.78, 5) is 25.5. The average Bonchev–Trinajstić information content (AvgIpc) is 2.77. The number of ketones is 2. The van der Waals surface area contributed by atoms with Gasteiger partial charge in [0.25, 0.3) is 0 Å². The molecule has 3 unspecified atom stereocenters. The van der Waals surface area contributed by atoms with E-state index in [-0.39, 0.29) is 11.6 Å². The van der Waals surface area contributed by atoms with Gasteiger partial charge in [0.2, 0.25) is 0 Å². The molecule has 0 spiro atoms. The van der Waals surface area contributed by atoms with E-state index < -0.39 is 0 Å². The lowest BCUT2D eigenvalue weighted by molar-refractivity contribution is 0.0977. The molecule has 182 valence electrons. The highest BCUT2D eigenvalue weighted by atomic mass is 16.1. The van der Waals surface area contributed by atoms with Crippen LogP contribution in [0.4, 0.5) is 0 Å². The fraction of sp³-hybridized carbons (Fsp3) is 0.613. The molecule has 0 amide bonds. The Bertz CT molecular complexity index is 842. The van der Waals surface area contributed by atoms with Crippen molar-refractivity contribution >= 4 is 11.6 Å². The van der Waals surface area contributed by atoms with Gasteiger partial charge in [-0.05, 0) is 37.0 Å². The molecular formula is C31H46O2. The molecule has 0 fully saturated rings. The first-order valence-corrected chi connectivity index (χ1v) is 13.3. The van der Waals surface area contributed by atoms with E-state index in [1.807, 2.05) is 18.2 Å². The molecule has 0 aromatic heterocycles. The third-order valence-corrected chi connectivity index (χ3v) is 7.23. The van der Waals surface area contributed by atoms with Gasteiger partial charge in [0.05, 0.1) is 0 Å². The summed E-state index contributed by atoms with van der Waals surface area (Å²) >= 11 is 0. The van der Waals surface area contributed by atoms with Crippen LogP contribution in [0, 0.1) is 23.7 Å². The topological polar surface area (TPSA) is 34.1 Å². The molecule has 3 atom stereocenters. The molecule has 0 radical (unpaired) electrons. The second-order valence-corrected chi connectivity index (χ2v) is 11.0. The molecular weight excluding hydrogens is 404 g/mol. The van der Waals surface area contributed by atoms with Gasteiger partial charge in [-0.25, -0.2) is 0 Å². The molecule has 2 nitrogen and oxygen atoms in total. The zero-order valence-electron chi connectivity index (χ0n) is 22.0. The Morgan fingerprint density at radius 2 is 1.18 bits per heavy atom. The van der Waals surface area contributed by atoms with Crippen molar-refractivity contribution in [2.75, 3.05) is 0 Å². The Morgan fingerprint density at radius 1 is 0.697 bits per heavy atom. The van der Waals surface area contributed by atoms with Crippen molar-refractivity contribution in [1.29, 1.82) is 0 Å². The molecule has 2 rings (SSSR count). The van der Waals surface area contributed by atoms with Crippen molar-refractivity contribution in [2.24, 2.45) is 23.7 Å². The predicted octanol–water partition coefficient (Wildman–Crippen LogP) is 9.01. The molecule has 1 aliphatic carbocycles. The molecule has 2 heteroatoms. The van der Waals surface area contributed by atoms with Crippen molar-refractivity contribution in [3.8, 4) is 0 Å². The minimum atomic E-state index is -0.0294. The molecule has 33 heavy (non-hydrogen) atoms. The highest BCUT2D eigenvalue weighted by Gasteiger charge is 2.28. The highest BCUT2D eigenvalue weighted by Crippen LogP contribution is 2.28. The van der Waals surface area contributed by atoms with Crippen molar-refractivity contribution in [1.82, 2.24) is 0 Å². The van der Waals surface area contributed by atoms with Crippen molar-refractivity contribution < 1.29 is 9.59 Å². The van der Waals surface area contributed by atoms with E-state index in [0.29, 0.717) is 28.2 Å². The SMILES string of the molecule is CC1=C(/C=C/C(C)CCCC(C)CCCC(C)CCCC(C)C)C(=O)c2ccccc2C1=O. The Balaban J connectivity index is 1.70. The van der Waals surface area contributed by atoms with E-state index in [4.69, 9.17) is 0 Å². The molecule has 0 saturated heterocycles. The normalized spacial score (nSPS) is 17.1. The number of benzene rings is 1. The number of fused-ring (bicyclic) bond motifs is 1. The van der Waals surface area contributed by atoms with E-state index in [1.54, 1.807) is 19.1 Å². The van der Waals surface area contributed by atoms with Gasteiger partial charge in [-0.3, -0.25) is 9.59 Å². The van der Waals surface area contributed by atoms with Gasteiger partial charge < -0.3 is 0 Å². The summed E-state index contributed by atoms with van der Waals surface area (Å²) in [7, 11) is 0. The van der Waals surface area contributed by atoms with Gasteiger partial charge in [0.1, 0.15) is 0 Å². The summed E-state index contributed by atoms with van der Waals surface area (Å²) in [5.41, 5.74) is 2.18. The molecule has 1 aromatic carbocycles. The fourth-order valence-electron chi connectivity index (χ4n) is 4.84. The maximum absolute atomic E-state index is 12.9.